The molecule has 0 aliphatic carbocycles. The average molecular weight is 520 g/mol. The van der Waals surface area contributed by atoms with Gasteiger partial charge in [-0.05, 0) is 13.3 Å². The van der Waals surface area contributed by atoms with Gasteiger partial charge in [-0.15, -0.1) is 6.42 Å². The van der Waals surface area contributed by atoms with E-state index < -0.39 is 42.7 Å². The number of rotatable bonds is 13. The van der Waals surface area contributed by atoms with E-state index in [9.17, 15) is 14.0 Å². The number of carbonyl (C=O) groups excluding carboxylic acids is 2. The molecular formula is C25H34FN5O6. The number of nitrogens with zero attached hydrogens (tertiary/aromatic N) is 4. The van der Waals surface area contributed by atoms with E-state index in [1.807, 2.05) is 0 Å². The van der Waals surface area contributed by atoms with Gasteiger partial charge in [-0.3, -0.25) is 9.36 Å². The van der Waals surface area contributed by atoms with Crippen LogP contribution in [0.15, 0.2) is 6.33 Å². The fourth-order valence-corrected chi connectivity index (χ4v) is 4.24. The number of imidazole rings is 1. The first-order valence-electron chi connectivity index (χ1n) is 12.6. The highest BCUT2D eigenvalue weighted by Crippen LogP contribution is 2.40. The van der Waals surface area contributed by atoms with E-state index in [4.69, 9.17) is 31.1 Å². The minimum absolute atomic E-state index is 0.0795. The number of terminal acetylenes is 1. The summed E-state index contributed by atoms with van der Waals surface area (Å²) in [7, 11) is 0. The van der Waals surface area contributed by atoms with Crippen molar-refractivity contribution in [2.45, 2.75) is 89.6 Å². The van der Waals surface area contributed by atoms with Crippen LogP contribution in [-0.2, 0) is 23.7 Å². The van der Waals surface area contributed by atoms with Crippen molar-refractivity contribution in [1.29, 1.82) is 0 Å². The van der Waals surface area contributed by atoms with Crippen molar-refractivity contribution in [3.05, 3.63) is 12.4 Å². The van der Waals surface area contributed by atoms with Crippen LogP contribution in [0.25, 0.3) is 11.2 Å². The molecule has 1 saturated heterocycles. The average Bonchev–Trinajstić information content (AvgIpc) is 3.44. The minimum atomic E-state index is -1.61. The fourth-order valence-electron chi connectivity index (χ4n) is 4.24. The Morgan fingerprint density at radius 2 is 1.95 bits per heavy atom. The lowest BCUT2D eigenvalue weighted by molar-refractivity contribution is -0.159. The van der Waals surface area contributed by atoms with Gasteiger partial charge in [0.15, 0.2) is 17.0 Å². The number of nitrogen functional groups attached to an aromatic ring is 1. The Labute approximate surface area is 215 Å². The number of fused-ring (bicyclic) bond motifs is 1. The molecule has 202 valence electrons. The maximum absolute atomic E-state index is 13.9. The molecule has 0 unspecified atom stereocenters. The Kier molecular flexibility index (Phi) is 10.0. The Morgan fingerprint density at radius 1 is 1.22 bits per heavy atom. The molecule has 0 saturated carbocycles. The molecule has 0 bridgehead atoms. The summed E-state index contributed by atoms with van der Waals surface area (Å²) in [6, 6.07) is 0. The number of hydrogen-bond acceptors (Lipinski definition) is 10. The maximum atomic E-state index is 13.9. The summed E-state index contributed by atoms with van der Waals surface area (Å²) in [6.45, 7) is 3.48. The number of nitrogens with two attached hydrogens (primary N) is 1. The highest BCUT2D eigenvalue weighted by atomic mass is 19.1. The van der Waals surface area contributed by atoms with Crippen molar-refractivity contribution < 1.29 is 32.9 Å². The van der Waals surface area contributed by atoms with Crippen LogP contribution >= 0.6 is 0 Å². The molecule has 0 amide bonds. The van der Waals surface area contributed by atoms with Gasteiger partial charge < -0.3 is 24.7 Å². The summed E-state index contributed by atoms with van der Waals surface area (Å²) in [6.07, 6.45) is 11.1. The van der Waals surface area contributed by atoms with Crippen molar-refractivity contribution in [3.8, 4) is 12.3 Å². The Bertz CT molecular complexity index is 1120. The second-order valence-corrected chi connectivity index (χ2v) is 8.87. The number of halogens is 1. The summed E-state index contributed by atoms with van der Waals surface area (Å²) in [5.74, 6) is 1.92. The summed E-state index contributed by atoms with van der Waals surface area (Å²) in [5, 5.41) is 0. The first-order chi connectivity index (χ1) is 17.8. The third-order valence-electron chi connectivity index (χ3n) is 6.18. The molecule has 0 spiro atoms. The topological polar surface area (TPSA) is 141 Å². The van der Waals surface area contributed by atoms with Gasteiger partial charge in [0.25, 0.3) is 0 Å². The van der Waals surface area contributed by atoms with E-state index >= 15 is 0 Å². The number of esters is 1. The Hall–Kier alpha value is -3.46. The molecule has 2 N–H and O–H groups in total. The Balaban J connectivity index is 1.73. The molecule has 3 atom stereocenters. The van der Waals surface area contributed by atoms with Crippen LogP contribution in [-0.4, -0.2) is 56.6 Å². The van der Waals surface area contributed by atoms with Crippen LogP contribution in [0.1, 0.15) is 77.9 Å². The van der Waals surface area contributed by atoms with Gasteiger partial charge in [0.2, 0.25) is 5.60 Å². The molecule has 2 aromatic heterocycles. The summed E-state index contributed by atoms with van der Waals surface area (Å²) in [4.78, 5) is 35.9. The monoisotopic (exact) mass is 519 g/mol. The summed E-state index contributed by atoms with van der Waals surface area (Å²) in [5.41, 5.74) is 4.42. The number of carbonyl (C=O) groups is 2. The second-order valence-electron chi connectivity index (χ2n) is 8.87. The summed E-state index contributed by atoms with van der Waals surface area (Å²) < 4.78 is 37.1. The number of anilines is 1. The van der Waals surface area contributed by atoms with Gasteiger partial charge in [0.1, 0.15) is 18.9 Å². The van der Waals surface area contributed by atoms with Gasteiger partial charge in [-0.2, -0.15) is 14.4 Å². The van der Waals surface area contributed by atoms with E-state index in [1.165, 1.54) is 30.2 Å². The molecule has 11 nitrogen and oxygen atoms in total. The Morgan fingerprint density at radius 3 is 2.65 bits per heavy atom. The zero-order valence-corrected chi connectivity index (χ0v) is 21.3. The predicted molar refractivity (Wildman–Crippen MR) is 131 cm³/mol. The minimum Gasteiger partial charge on any atom is -0.458 e. The molecule has 37 heavy (non-hydrogen) atoms. The molecule has 0 aromatic carbocycles. The molecule has 12 heteroatoms. The molecular weight excluding hydrogens is 485 g/mol. The molecule has 2 aromatic rings. The standard InChI is InChI=1S/C25H34FN5O6/c1-4-7-8-9-10-11-12-13-19(32)36-17-14-18(37-25(17,5-2)15-35-24(33)34-6-3)31-16-28-20-21(27)29-23(26)30-22(20)31/h2,16-18H,4,6-15H2,1,3H3,(H2,27,29,30)/t17-,18+,25+/m0/s1. The second kappa shape index (κ2) is 13.2. The van der Waals surface area contributed by atoms with Crippen molar-refractivity contribution in [2.24, 2.45) is 0 Å². The van der Waals surface area contributed by atoms with E-state index in [-0.39, 0.29) is 36.4 Å². The van der Waals surface area contributed by atoms with Crippen LogP contribution in [0.2, 0.25) is 0 Å². The van der Waals surface area contributed by atoms with Gasteiger partial charge in [0.05, 0.1) is 12.9 Å². The number of ether oxygens (including phenoxy) is 4. The molecule has 3 rings (SSSR count). The lowest BCUT2D eigenvalue weighted by Crippen LogP contribution is -2.45. The lowest BCUT2D eigenvalue weighted by atomic mass is 9.98. The normalized spacial score (nSPS) is 21.0. The van der Waals surface area contributed by atoms with Gasteiger partial charge in [-0.1, -0.05) is 51.4 Å². The van der Waals surface area contributed by atoms with Crippen LogP contribution < -0.4 is 5.73 Å². The number of aromatic nitrogens is 4. The highest BCUT2D eigenvalue weighted by molar-refractivity contribution is 5.81. The lowest BCUT2D eigenvalue weighted by Gasteiger charge is -2.28. The highest BCUT2D eigenvalue weighted by Gasteiger charge is 2.52. The van der Waals surface area contributed by atoms with Crippen LogP contribution in [0, 0.1) is 18.4 Å². The van der Waals surface area contributed by atoms with Gasteiger partial charge >= 0.3 is 18.2 Å². The molecule has 3 heterocycles. The predicted octanol–water partition coefficient (Wildman–Crippen LogP) is 4.06. The van der Waals surface area contributed by atoms with E-state index in [0.717, 1.165) is 19.3 Å². The van der Waals surface area contributed by atoms with Gasteiger partial charge in [-0.25, -0.2) is 9.78 Å². The van der Waals surface area contributed by atoms with Crippen molar-refractivity contribution in [1.82, 2.24) is 19.5 Å². The maximum Gasteiger partial charge on any atom is 0.508 e. The van der Waals surface area contributed by atoms with Crippen LogP contribution in [0.3, 0.4) is 0 Å². The summed E-state index contributed by atoms with van der Waals surface area (Å²) >= 11 is 0. The third-order valence-corrected chi connectivity index (χ3v) is 6.18. The molecule has 0 radical (unpaired) electrons. The molecule has 1 fully saturated rings. The van der Waals surface area contributed by atoms with Crippen molar-refractivity contribution >= 4 is 29.1 Å². The van der Waals surface area contributed by atoms with Crippen LogP contribution in [0.4, 0.5) is 15.0 Å². The smallest absolute Gasteiger partial charge is 0.458 e. The largest absolute Gasteiger partial charge is 0.508 e. The zero-order valence-electron chi connectivity index (χ0n) is 21.3. The van der Waals surface area contributed by atoms with Crippen molar-refractivity contribution in [2.75, 3.05) is 18.9 Å². The van der Waals surface area contributed by atoms with Gasteiger partial charge in [0, 0.05) is 12.8 Å². The van der Waals surface area contributed by atoms with E-state index in [0.29, 0.717) is 6.42 Å². The van der Waals surface area contributed by atoms with Crippen molar-refractivity contribution in [3.63, 3.8) is 0 Å². The molecule has 1 aliphatic heterocycles. The quantitative estimate of drug-likeness (QED) is 0.178. The first kappa shape index (κ1) is 28.1. The molecule has 1 aliphatic rings. The number of unbranched alkanes of at least 4 members (excludes halogenated alkanes) is 6. The first-order valence-corrected chi connectivity index (χ1v) is 12.6. The third kappa shape index (κ3) is 7.07. The fraction of sp³-hybridized carbons (Fsp3) is 0.640. The van der Waals surface area contributed by atoms with Crippen LogP contribution in [0.5, 0.6) is 0 Å². The zero-order chi connectivity index (χ0) is 26.8. The van der Waals surface area contributed by atoms with E-state index in [1.54, 1.807) is 6.92 Å². The number of hydrogen-bond donors (Lipinski definition) is 1. The van der Waals surface area contributed by atoms with E-state index in [2.05, 4.69) is 27.8 Å². The SMILES string of the molecule is C#C[C@]1(COC(=O)OCC)O[C@@H](n2cnc3c(N)nc(F)nc32)C[C@@H]1OC(=O)CCCCCCCCC.